The fourth-order valence-electron chi connectivity index (χ4n) is 3.26. The maximum atomic E-state index is 11.5. The van der Waals surface area contributed by atoms with Gasteiger partial charge in [0.2, 0.25) is 5.91 Å². The van der Waals surface area contributed by atoms with Crippen molar-refractivity contribution in [2.45, 2.75) is 58.0 Å². The van der Waals surface area contributed by atoms with E-state index in [1.54, 1.807) is 0 Å². The number of nitrogens with two attached hydrogens (primary N) is 1. The Morgan fingerprint density at radius 1 is 1.33 bits per heavy atom. The zero-order valence-corrected chi connectivity index (χ0v) is 13.0. The molecular formula is C17H27N3O. The van der Waals surface area contributed by atoms with Crippen molar-refractivity contribution in [1.82, 2.24) is 10.3 Å². The van der Waals surface area contributed by atoms with Crippen LogP contribution in [0.3, 0.4) is 0 Å². The molecule has 1 aromatic carbocycles. The number of nitrogens with one attached hydrogen (secondary N) is 1. The Morgan fingerprint density at radius 3 is 2.81 bits per heavy atom. The van der Waals surface area contributed by atoms with Crippen LogP contribution in [-0.4, -0.2) is 23.4 Å². The molecule has 1 aliphatic heterocycles. The van der Waals surface area contributed by atoms with Gasteiger partial charge in [0.25, 0.3) is 0 Å². The summed E-state index contributed by atoms with van der Waals surface area (Å²) in [7, 11) is 0. The van der Waals surface area contributed by atoms with Gasteiger partial charge in [-0.1, -0.05) is 44.0 Å². The molecular weight excluding hydrogens is 262 g/mol. The molecule has 1 saturated heterocycles. The molecule has 0 bridgehead atoms. The first-order chi connectivity index (χ1) is 10.2. The lowest BCUT2D eigenvalue weighted by Crippen LogP contribution is -2.39. The average Bonchev–Trinajstić information content (AvgIpc) is 2.51. The van der Waals surface area contributed by atoms with Crippen LogP contribution in [0.4, 0.5) is 0 Å². The van der Waals surface area contributed by atoms with Crippen molar-refractivity contribution in [3.63, 3.8) is 0 Å². The molecule has 3 N–H and O–H groups in total. The Balaban J connectivity index is 2.08. The number of hydrazine groups is 1. The molecule has 2 rings (SSSR count). The first kappa shape index (κ1) is 16.0. The van der Waals surface area contributed by atoms with Crippen LogP contribution in [0.15, 0.2) is 24.3 Å². The highest BCUT2D eigenvalue weighted by molar-refractivity contribution is 5.78. The number of carbonyl (C=O) groups is 1. The Kier molecular flexibility index (Phi) is 6.21. The molecule has 0 radical (unpaired) electrons. The number of nitrogens with zero attached hydrogens (tertiary/aromatic N) is 1. The van der Waals surface area contributed by atoms with Crippen molar-refractivity contribution >= 4 is 5.91 Å². The minimum absolute atomic E-state index is 0.133. The second kappa shape index (κ2) is 8.15. The first-order valence-corrected chi connectivity index (χ1v) is 8.05. The van der Waals surface area contributed by atoms with Crippen molar-refractivity contribution in [3.05, 3.63) is 35.4 Å². The smallest absolute Gasteiger partial charge is 0.238 e. The fourth-order valence-corrected chi connectivity index (χ4v) is 3.26. The molecule has 116 valence electrons. The highest BCUT2D eigenvalue weighted by Gasteiger charge is 2.22. The summed E-state index contributed by atoms with van der Waals surface area (Å²) in [6, 6.07) is 8.90. The largest absolute Gasteiger partial charge is 0.296 e. The third kappa shape index (κ3) is 4.55. The summed E-state index contributed by atoms with van der Waals surface area (Å²) in [6.45, 7) is 4.37. The molecule has 0 aromatic heterocycles. The van der Waals surface area contributed by atoms with Crippen LogP contribution in [0.5, 0.6) is 0 Å². The molecule has 1 fully saturated rings. The summed E-state index contributed by atoms with van der Waals surface area (Å²) in [6.07, 6.45) is 6.80. The van der Waals surface area contributed by atoms with Crippen LogP contribution in [0.1, 0.15) is 50.2 Å². The van der Waals surface area contributed by atoms with Crippen LogP contribution in [0.2, 0.25) is 0 Å². The number of hydrogen-bond acceptors (Lipinski definition) is 3. The summed E-state index contributed by atoms with van der Waals surface area (Å²) in [4.78, 5) is 14.1. The molecule has 0 aliphatic carbocycles. The van der Waals surface area contributed by atoms with Crippen LogP contribution < -0.4 is 11.3 Å². The minimum Gasteiger partial charge on any atom is -0.296 e. The molecule has 1 aromatic rings. The van der Waals surface area contributed by atoms with E-state index in [4.69, 9.17) is 5.84 Å². The van der Waals surface area contributed by atoms with Crippen LogP contribution in [-0.2, 0) is 17.8 Å². The van der Waals surface area contributed by atoms with Gasteiger partial charge in [0.15, 0.2) is 0 Å². The van der Waals surface area contributed by atoms with E-state index in [1.807, 2.05) is 12.1 Å². The molecule has 1 amide bonds. The molecule has 0 spiro atoms. The summed E-state index contributed by atoms with van der Waals surface area (Å²) < 4.78 is 0. The standard InChI is InChI=1S/C17H27N3O/c1-2-7-16-10-5-6-11-20(16)13-15-9-4-3-8-14(15)12-17(21)19-18/h3-4,8-9,16H,2,5-7,10-13,18H2,1H3,(H,19,21). The van der Waals surface area contributed by atoms with Crippen molar-refractivity contribution < 1.29 is 4.79 Å². The van der Waals surface area contributed by atoms with Gasteiger partial charge in [0.05, 0.1) is 6.42 Å². The van der Waals surface area contributed by atoms with Crippen molar-refractivity contribution in [2.24, 2.45) is 5.84 Å². The van der Waals surface area contributed by atoms with Crippen molar-refractivity contribution in [1.29, 1.82) is 0 Å². The molecule has 1 unspecified atom stereocenters. The highest BCUT2D eigenvalue weighted by Crippen LogP contribution is 2.24. The summed E-state index contributed by atoms with van der Waals surface area (Å²) in [5.41, 5.74) is 4.56. The molecule has 21 heavy (non-hydrogen) atoms. The van der Waals surface area contributed by atoms with E-state index >= 15 is 0 Å². The Hall–Kier alpha value is -1.39. The van der Waals surface area contributed by atoms with Crippen molar-refractivity contribution in [3.8, 4) is 0 Å². The van der Waals surface area contributed by atoms with Gasteiger partial charge in [-0.25, -0.2) is 5.84 Å². The van der Waals surface area contributed by atoms with Gasteiger partial charge in [0, 0.05) is 12.6 Å². The molecule has 4 nitrogen and oxygen atoms in total. The quantitative estimate of drug-likeness (QED) is 0.480. The highest BCUT2D eigenvalue weighted by atomic mass is 16.2. The second-order valence-corrected chi connectivity index (χ2v) is 5.92. The van der Waals surface area contributed by atoms with E-state index in [2.05, 4.69) is 29.4 Å². The fraction of sp³-hybridized carbons (Fsp3) is 0.588. The zero-order valence-electron chi connectivity index (χ0n) is 13.0. The lowest BCUT2D eigenvalue weighted by Gasteiger charge is -2.36. The Bertz CT molecular complexity index is 459. The SMILES string of the molecule is CCCC1CCCCN1Cc1ccccc1CC(=O)NN. The zero-order chi connectivity index (χ0) is 15.1. The Labute approximate surface area is 127 Å². The van der Waals surface area contributed by atoms with Gasteiger partial charge in [-0.05, 0) is 36.9 Å². The number of hydrogen-bond donors (Lipinski definition) is 2. The van der Waals surface area contributed by atoms with Gasteiger partial charge < -0.3 is 0 Å². The minimum atomic E-state index is -0.133. The third-order valence-corrected chi connectivity index (χ3v) is 4.37. The van der Waals surface area contributed by atoms with Crippen molar-refractivity contribution in [2.75, 3.05) is 6.54 Å². The molecule has 0 saturated carbocycles. The number of rotatable bonds is 6. The van der Waals surface area contributed by atoms with E-state index < -0.39 is 0 Å². The van der Waals surface area contributed by atoms with Gasteiger partial charge in [-0.15, -0.1) is 0 Å². The predicted molar refractivity (Wildman–Crippen MR) is 85.4 cm³/mol. The van der Waals surface area contributed by atoms with E-state index in [0.717, 1.165) is 12.1 Å². The maximum absolute atomic E-state index is 11.5. The Morgan fingerprint density at radius 2 is 2.10 bits per heavy atom. The predicted octanol–water partition coefficient (Wildman–Crippen LogP) is 2.37. The molecule has 4 heteroatoms. The lowest BCUT2D eigenvalue weighted by atomic mass is 9.96. The molecule has 1 atom stereocenters. The van der Waals surface area contributed by atoms with Gasteiger partial charge in [-0.2, -0.15) is 0 Å². The third-order valence-electron chi connectivity index (χ3n) is 4.37. The van der Waals surface area contributed by atoms with E-state index in [0.29, 0.717) is 12.5 Å². The van der Waals surface area contributed by atoms with Crippen LogP contribution in [0.25, 0.3) is 0 Å². The van der Waals surface area contributed by atoms with Gasteiger partial charge in [0.1, 0.15) is 0 Å². The average molecular weight is 289 g/mol. The molecule has 1 heterocycles. The van der Waals surface area contributed by atoms with E-state index in [1.165, 1.54) is 44.2 Å². The van der Waals surface area contributed by atoms with Gasteiger partial charge in [-0.3, -0.25) is 15.1 Å². The summed E-state index contributed by atoms with van der Waals surface area (Å²) >= 11 is 0. The number of carbonyl (C=O) groups excluding carboxylic acids is 1. The van der Waals surface area contributed by atoms with E-state index in [9.17, 15) is 4.79 Å². The van der Waals surface area contributed by atoms with Crippen LogP contribution in [0, 0.1) is 0 Å². The number of benzene rings is 1. The first-order valence-electron chi connectivity index (χ1n) is 8.05. The topological polar surface area (TPSA) is 58.4 Å². The lowest BCUT2D eigenvalue weighted by molar-refractivity contribution is -0.120. The van der Waals surface area contributed by atoms with E-state index in [-0.39, 0.29) is 5.91 Å². The van der Waals surface area contributed by atoms with Gasteiger partial charge >= 0.3 is 0 Å². The monoisotopic (exact) mass is 289 g/mol. The molecule has 1 aliphatic rings. The number of piperidine rings is 1. The summed E-state index contributed by atoms with van der Waals surface area (Å²) in [5.74, 6) is 5.07. The van der Waals surface area contributed by atoms with Crippen LogP contribution >= 0.6 is 0 Å². The maximum Gasteiger partial charge on any atom is 0.238 e. The number of amides is 1. The second-order valence-electron chi connectivity index (χ2n) is 5.92. The normalized spacial score (nSPS) is 19.4. The summed E-state index contributed by atoms with van der Waals surface area (Å²) in [5, 5.41) is 0. The number of likely N-dealkylation sites (tertiary alicyclic amines) is 1.